The second-order valence-electron chi connectivity index (χ2n) is 4.66. The summed E-state index contributed by atoms with van der Waals surface area (Å²) in [6.07, 6.45) is -4.76. The van der Waals surface area contributed by atoms with Crippen molar-refractivity contribution in [3.05, 3.63) is 62.2 Å². The fourth-order valence-corrected chi connectivity index (χ4v) is 3.18. The Kier molecular flexibility index (Phi) is 3.21. The Morgan fingerprint density at radius 1 is 1.14 bits per heavy atom. The van der Waals surface area contributed by atoms with Crippen molar-refractivity contribution in [2.24, 2.45) is 7.05 Å². The van der Waals surface area contributed by atoms with Crippen LogP contribution in [0.2, 0.25) is 0 Å². The molecule has 2 aromatic heterocycles. The minimum absolute atomic E-state index is 0.292. The fourth-order valence-electron chi connectivity index (χ4n) is 2.26. The lowest BCUT2D eigenvalue weighted by molar-refractivity contribution is -0.144. The summed E-state index contributed by atoms with van der Waals surface area (Å²) in [7, 11) is 0.996. The van der Waals surface area contributed by atoms with Gasteiger partial charge in [-0.3, -0.25) is 9.36 Å². The summed E-state index contributed by atoms with van der Waals surface area (Å²) in [5, 5.41) is 2.23. The number of hydrogen-bond donors (Lipinski definition) is 0. The van der Waals surface area contributed by atoms with Gasteiger partial charge in [0.1, 0.15) is 5.69 Å². The van der Waals surface area contributed by atoms with E-state index in [1.165, 1.54) is 11.3 Å². The molecule has 2 heterocycles. The number of fused-ring (bicyclic) bond motifs is 1. The van der Waals surface area contributed by atoms with Crippen LogP contribution >= 0.6 is 11.3 Å². The summed E-state index contributed by atoms with van der Waals surface area (Å²) in [5.41, 5.74) is -3.00. The van der Waals surface area contributed by atoms with Gasteiger partial charge in [0, 0.05) is 28.6 Å². The third kappa shape index (κ3) is 2.16. The van der Waals surface area contributed by atoms with E-state index in [9.17, 15) is 22.8 Å². The van der Waals surface area contributed by atoms with Crippen LogP contribution in [0.3, 0.4) is 0 Å². The average Bonchev–Trinajstić information content (AvgIpc) is 2.86. The van der Waals surface area contributed by atoms with E-state index >= 15 is 0 Å². The number of rotatable bonds is 1. The predicted octanol–water partition coefficient (Wildman–Crippen LogP) is 2.77. The van der Waals surface area contributed by atoms with Crippen molar-refractivity contribution in [2.45, 2.75) is 6.18 Å². The van der Waals surface area contributed by atoms with E-state index in [1.54, 1.807) is 23.6 Å². The first-order valence-corrected chi connectivity index (χ1v) is 7.05. The maximum absolute atomic E-state index is 12.8. The highest BCUT2D eigenvalue weighted by molar-refractivity contribution is 7.17. The predicted molar refractivity (Wildman–Crippen MR) is 77.7 cm³/mol. The van der Waals surface area contributed by atoms with Crippen LogP contribution in [-0.2, 0) is 13.2 Å². The van der Waals surface area contributed by atoms with Crippen LogP contribution in [-0.4, -0.2) is 9.13 Å². The highest BCUT2D eigenvalue weighted by Gasteiger charge is 2.35. The van der Waals surface area contributed by atoms with Crippen molar-refractivity contribution >= 4 is 21.4 Å². The second kappa shape index (κ2) is 4.84. The monoisotopic (exact) mass is 326 g/mol. The molecule has 0 saturated carbocycles. The van der Waals surface area contributed by atoms with Gasteiger partial charge in [-0.15, -0.1) is 11.3 Å². The van der Waals surface area contributed by atoms with Crippen LogP contribution in [0.25, 0.3) is 15.8 Å². The smallest absolute Gasteiger partial charge is 0.292 e. The molecule has 0 spiro atoms. The molecule has 0 N–H and O–H groups in total. The van der Waals surface area contributed by atoms with Crippen LogP contribution < -0.4 is 11.2 Å². The standard InChI is InChI=1S/C14H9F3N2O2S/c1-18-11(14(15,16)17)6-12(20)19(13(18)21)9-7-22-10-5-3-2-4-8(9)10/h2-7H,1H3. The third-order valence-electron chi connectivity index (χ3n) is 3.31. The molecule has 0 amide bonds. The molecule has 0 atom stereocenters. The average molecular weight is 326 g/mol. The van der Waals surface area contributed by atoms with E-state index in [-0.39, 0.29) is 0 Å². The Hall–Kier alpha value is -2.35. The lowest BCUT2D eigenvalue weighted by atomic mass is 10.2. The van der Waals surface area contributed by atoms with Gasteiger partial charge in [0.25, 0.3) is 5.56 Å². The molecule has 0 saturated heterocycles. The molecule has 0 unspecified atom stereocenters. The van der Waals surface area contributed by atoms with Crippen LogP contribution in [0.4, 0.5) is 13.2 Å². The maximum atomic E-state index is 12.8. The molecule has 4 nitrogen and oxygen atoms in total. The number of halogens is 3. The van der Waals surface area contributed by atoms with E-state index < -0.39 is 23.1 Å². The molecule has 0 radical (unpaired) electrons. The lowest BCUT2D eigenvalue weighted by Gasteiger charge is -2.13. The Morgan fingerprint density at radius 2 is 1.82 bits per heavy atom. The van der Waals surface area contributed by atoms with E-state index in [0.29, 0.717) is 21.7 Å². The Bertz CT molecular complexity index is 982. The van der Waals surface area contributed by atoms with E-state index in [0.717, 1.165) is 16.3 Å². The molecule has 3 aromatic rings. The molecular weight excluding hydrogens is 317 g/mol. The maximum Gasteiger partial charge on any atom is 0.431 e. The first-order chi connectivity index (χ1) is 10.3. The molecular formula is C14H9F3N2O2S. The molecule has 3 rings (SSSR count). The molecule has 0 aliphatic carbocycles. The normalized spacial score (nSPS) is 12.0. The van der Waals surface area contributed by atoms with Gasteiger partial charge in [-0.05, 0) is 6.07 Å². The number of nitrogens with zero attached hydrogens (tertiary/aromatic N) is 2. The Labute approximate surface area is 125 Å². The molecule has 8 heteroatoms. The zero-order chi connectivity index (χ0) is 16.1. The SMILES string of the molecule is Cn1c(C(F)(F)F)cc(=O)n(-c2csc3ccccc23)c1=O. The lowest BCUT2D eigenvalue weighted by Crippen LogP contribution is -2.40. The molecule has 1 aromatic carbocycles. The molecule has 0 fully saturated rings. The topological polar surface area (TPSA) is 44.0 Å². The van der Waals surface area contributed by atoms with E-state index in [2.05, 4.69) is 0 Å². The van der Waals surface area contributed by atoms with Gasteiger partial charge >= 0.3 is 11.9 Å². The van der Waals surface area contributed by atoms with Gasteiger partial charge in [-0.25, -0.2) is 9.36 Å². The highest BCUT2D eigenvalue weighted by Crippen LogP contribution is 2.29. The molecule has 0 bridgehead atoms. The minimum Gasteiger partial charge on any atom is -0.292 e. The van der Waals surface area contributed by atoms with Crippen molar-refractivity contribution in [3.63, 3.8) is 0 Å². The molecule has 0 aliphatic rings. The summed E-state index contributed by atoms with van der Waals surface area (Å²) in [6.45, 7) is 0. The number of benzene rings is 1. The largest absolute Gasteiger partial charge is 0.431 e. The first-order valence-electron chi connectivity index (χ1n) is 6.17. The highest BCUT2D eigenvalue weighted by atomic mass is 32.1. The molecule has 22 heavy (non-hydrogen) atoms. The van der Waals surface area contributed by atoms with Crippen molar-refractivity contribution < 1.29 is 13.2 Å². The number of hydrogen-bond acceptors (Lipinski definition) is 3. The number of aromatic nitrogens is 2. The minimum atomic E-state index is -4.76. The quantitative estimate of drug-likeness (QED) is 0.690. The summed E-state index contributed by atoms with van der Waals surface area (Å²) in [4.78, 5) is 24.3. The van der Waals surface area contributed by atoms with Gasteiger partial charge in [0.15, 0.2) is 0 Å². The van der Waals surface area contributed by atoms with E-state index in [1.807, 2.05) is 6.07 Å². The summed E-state index contributed by atoms with van der Waals surface area (Å²) < 4.78 is 40.5. The number of alkyl halides is 3. The van der Waals surface area contributed by atoms with Crippen LogP contribution in [0, 0.1) is 0 Å². The molecule has 114 valence electrons. The second-order valence-corrected chi connectivity index (χ2v) is 5.57. The van der Waals surface area contributed by atoms with Crippen molar-refractivity contribution in [2.75, 3.05) is 0 Å². The van der Waals surface area contributed by atoms with Crippen LogP contribution in [0.5, 0.6) is 0 Å². The summed E-state index contributed by atoms with van der Waals surface area (Å²) in [6, 6.07) is 7.50. The van der Waals surface area contributed by atoms with Crippen molar-refractivity contribution in [1.82, 2.24) is 9.13 Å². The first kappa shape index (κ1) is 14.6. The zero-order valence-corrected chi connectivity index (χ0v) is 12.0. The zero-order valence-electron chi connectivity index (χ0n) is 11.2. The van der Waals surface area contributed by atoms with Crippen molar-refractivity contribution in [3.8, 4) is 5.69 Å². The third-order valence-corrected chi connectivity index (χ3v) is 4.26. The van der Waals surface area contributed by atoms with Gasteiger partial charge in [-0.1, -0.05) is 18.2 Å². The van der Waals surface area contributed by atoms with Crippen LogP contribution in [0.1, 0.15) is 5.69 Å². The Morgan fingerprint density at radius 3 is 2.50 bits per heavy atom. The summed E-state index contributed by atoms with van der Waals surface area (Å²) >= 11 is 1.31. The van der Waals surface area contributed by atoms with Crippen molar-refractivity contribution in [1.29, 1.82) is 0 Å². The van der Waals surface area contributed by atoms with E-state index in [4.69, 9.17) is 0 Å². The summed E-state index contributed by atoms with van der Waals surface area (Å²) in [5.74, 6) is 0. The van der Waals surface area contributed by atoms with Crippen LogP contribution in [0.15, 0.2) is 45.3 Å². The molecule has 0 aliphatic heterocycles. The number of thiophene rings is 1. The van der Waals surface area contributed by atoms with Gasteiger partial charge in [0.05, 0.1) is 5.69 Å². The Balaban J connectivity index is 2.36. The fraction of sp³-hybridized carbons (Fsp3) is 0.143. The van der Waals surface area contributed by atoms with Gasteiger partial charge in [-0.2, -0.15) is 13.2 Å². The van der Waals surface area contributed by atoms with Gasteiger partial charge in [0.2, 0.25) is 0 Å². The van der Waals surface area contributed by atoms with Gasteiger partial charge < -0.3 is 0 Å².